The first-order valence-electron chi connectivity index (χ1n) is 12.5. The monoisotopic (exact) mass is 571 g/mol. The lowest BCUT2D eigenvalue weighted by atomic mass is 10.1. The molecule has 0 radical (unpaired) electrons. The molecule has 10 nitrogen and oxygen atoms in total. The zero-order valence-corrected chi connectivity index (χ0v) is 24.4. The number of hydrogen-bond acceptors (Lipinski definition) is 9. The molecule has 0 saturated carbocycles. The summed E-state index contributed by atoms with van der Waals surface area (Å²) in [4.78, 5) is 40.9. The van der Waals surface area contributed by atoms with Crippen molar-refractivity contribution in [1.29, 1.82) is 0 Å². The zero-order valence-electron chi connectivity index (χ0n) is 22.8. The van der Waals surface area contributed by atoms with Crippen LogP contribution in [-0.2, 0) is 16.1 Å². The lowest BCUT2D eigenvalue weighted by Gasteiger charge is -2.18. The van der Waals surface area contributed by atoms with Gasteiger partial charge in [0.2, 0.25) is 5.91 Å². The SMILES string of the molecule is C=CCn1c(SCC(=O)Nc2sc(C(=O)N(CC)CC)c(C)c2C(=O)OCC)nnc1-c1ccccc1OC. The second-order valence-corrected chi connectivity index (χ2v) is 10.2. The fourth-order valence-electron chi connectivity index (χ4n) is 3.92. The van der Waals surface area contributed by atoms with Gasteiger partial charge in [-0.05, 0) is 45.4 Å². The van der Waals surface area contributed by atoms with Crippen molar-refractivity contribution in [3.05, 3.63) is 52.9 Å². The van der Waals surface area contributed by atoms with Gasteiger partial charge in [0.05, 0.1) is 35.5 Å². The molecule has 0 atom stereocenters. The summed E-state index contributed by atoms with van der Waals surface area (Å²) in [5, 5.41) is 12.2. The number of allylic oxidation sites excluding steroid dienone is 1. The Balaban J connectivity index is 1.85. The van der Waals surface area contributed by atoms with Crippen LogP contribution >= 0.6 is 23.1 Å². The smallest absolute Gasteiger partial charge is 0.341 e. The molecule has 0 aliphatic rings. The number of benzene rings is 1. The third-order valence-corrected chi connectivity index (χ3v) is 7.99. The van der Waals surface area contributed by atoms with Gasteiger partial charge >= 0.3 is 5.97 Å². The highest BCUT2D eigenvalue weighted by atomic mass is 32.2. The number of hydrogen-bond donors (Lipinski definition) is 1. The van der Waals surface area contributed by atoms with E-state index in [-0.39, 0.29) is 34.7 Å². The predicted octanol–water partition coefficient (Wildman–Crippen LogP) is 4.90. The first-order chi connectivity index (χ1) is 18.8. The van der Waals surface area contributed by atoms with Crippen molar-refractivity contribution >= 4 is 45.9 Å². The van der Waals surface area contributed by atoms with E-state index in [1.165, 1.54) is 11.8 Å². The van der Waals surface area contributed by atoms with Crippen LogP contribution in [0.3, 0.4) is 0 Å². The number of thiophene rings is 1. The molecule has 1 N–H and O–H groups in total. The van der Waals surface area contributed by atoms with Crippen molar-refractivity contribution in [3.63, 3.8) is 0 Å². The van der Waals surface area contributed by atoms with Crippen molar-refractivity contribution in [3.8, 4) is 17.1 Å². The van der Waals surface area contributed by atoms with E-state index in [0.717, 1.165) is 16.9 Å². The first kappa shape index (κ1) is 29.9. The van der Waals surface area contributed by atoms with Gasteiger partial charge in [0, 0.05) is 19.6 Å². The van der Waals surface area contributed by atoms with E-state index >= 15 is 0 Å². The largest absolute Gasteiger partial charge is 0.496 e. The van der Waals surface area contributed by atoms with E-state index in [9.17, 15) is 14.4 Å². The van der Waals surface area contributed by atoms with Gasteiger partial charge < -0.3 is 19.7 Å². The summed E-state index contributed by atoms with van der Waals surface area (Å²) in [6.07, 6.45) is 1.72. The Morgan fingerprint density at radius 1 is 1.18 bits per heavy atom. The minimum atomic E-state index is -0.583. The third-order valence-electron chi connectivity index (χ3n) is 5.83. The molecule has 3 rings (SSSR count). The topological polar surface area (TPSA) is 116 Å². The molecule has 0 bridgehead atoms. The van der Waals surface area contributed by atoms with Crippen LogP contribution in [0.4, 0.5) is 5.00 Å². The van der Waals surface area contributed by atoms with Crippen LogP contribution in [-0.4, -0.2) is 70.0 Å². The Kier molecular flexibility index (Phi) is 10.7. The van der Waals surface area contributed by atoms with Crippen molar-refractivity contribution in [2.75, 3.05) is 37.9 Å². The Morgan fingerprint density at radius 3 is 2.54 bits per heavy atom. The van der Waals surface area contributed by atoms with E-state index in [2.05, 4.69) is 22.1 Å². The number of rotatable bonds is 13. The standard InChI is InChI=1S/C27H33N5O5S2/c1-7-15-32-23(18-13-11-12-14-19(18)36-6)29-30-27(32)38-16-20(33)28-24-21(26(35)37-10-4)17(5)22(39-24)25(34)31(8-2)9-3/h7,11-14H,1,8-10,15-16H2,2-6H3,(H,28,33). The summed E-state index contributed by atoms with van der Waals surface area (Å²) in [6.45, 7) is 12.7. The van der Waals surface area contributed by atoms with E-state index in [1.54, 1.807) is 31.9 Å². The minimum Gasteiger partial charge on any atom is -0.496 e. The molecule has 2 aromatic heterocycles. The zero-order chi connectivity index (χ0) is 28.5. The minimum absolute atomic E-state index is 0.000259. The maximum atomic E-state index is 13.1. The number of anilines is 1. The quantitative estimate of drug-likeness (QED) is 0.175. The van der Waals surface area contributed by atoms with E-state index in [1.807, 2.05) is 42.7 Å². The highest BCUT2D eigenvalue weighted by molar-refractivity contribution is 7.99. The fraction of sp³-hybridized carbons (Fsp3) is 0.370. The number of carbonyl (C=O) groups is 3. The number of amides is 2. The Bertz CT molecular complexity index is 1350. The van der Waals surface area contributed by atoms with Crippen molar-refractivity contribution in [2.24, 2.45) is 0 Å². The molecular weight excluding hydrogens is 538 g/mol. The van der Waals surface area contributed by atoms with Crippen LogP contribution in [0.1, 0.15) is 46.4 Å². The maximum absolute atomic E-state index is 13.1. The Hall–Kier alpha value is -3.64. The van der Waals surface area contributed by atoms with Gasteiger partial charge in [0.1, 0.15) is 10.8 Å². The summed E-state index contributed by atoms with van der Waals surface area (Å²) in [6, 6.07) is 7.48. The summed E-state index contributed by atoms with van der Waals surface area (Å²) in [7, 11) is 1.59. The fourth-order valence-corrected chi connectivity index (χ4v) is 5.85. The van der Waals surface area contributed by atoms with Gasteiger partial charge in [0.25, 0.3) is 5.91 Å². The second kappa shape index (κ2) is 13.9. The van der Waals surface area contributed by atoms with Crippen molar-refractivity contribution < 1.29 is 23.9 Å². The van der Waals surface area contributed by atoms with Crippen molar-refractivity contribution in [2.45, 2.75) is 39.4 Å². The summed E-state index contributed by atoms with van der Waals surface area (Å²) < 4.78 is 12.5. The van der Waals surface area contributed by atoms with Crippen molar-refractivity contribution in [1.82, 2.24) is 19.7 Å². The molecular formula is C27H33N5O5S2. The number of thioether (sulfide) groups is 1. The van der Waals surface area contributed by atoms with Crippen LogP contribution in [0.15, 0.2) is 42.1 Å². The highest BCUT2D eigenvalue weighted by Crippen LogP contribution is 2.35. The summed E-state index contributed by atoms with van der Waals surface area (Å²) in [5.74, 6) is 0.108. The average molecular weight is 572 g/mol. The maximum Gasteiger partial charge on any atom is 0.341 e. The van der Waals surface area contributed by atoms with Gasteiger partial charge in [0.15, 0.2) is 11.0 Å². The molecule has 1 aromatic carbocycles. The van der Waals surface area contributed by atoms with Gasteiger partial charge in [-0.25, -0.2) is 4.79 Å². The van der Waals surface area contributed by atoms with E-state index in [0.29, 0.717) is 46.8 Å². The van der Waals surface area contributed by atoms with Gasteiger partial charge in [-0.2, -0.15) is 0 Å². The molecule has 0 spiro atoms. The first-order valence-corrected chi connectivity index (χ1v) is 14.3. The Morgan fingerprint density at radius 2 is 1.90 bits per heavy atom. The van der Waals surface area contributed by atoms with Gasteiger partial charge in [-0.15, -0.1) is 28.1 Å². The molecule has 0 aliphatic heterocycles. The number of para-hydroxylation sites is 1. The van der Waals surface area contributed by atoms with Gasteiger partial charge in [-0.1, -0.05) is 30.0 Å². The van der Waals surface area contributed by atoms with Crippen LogP contribution in [0.25, 0.3) is 11.4 Å². The Labute approximate surface area is 236 Å². The number of nitrogens with zero attached hydrogens (tertiary/aromatic N) is 4. The number of carbonyl (C=O) groups excluding carboxylic acids is 3. The molecule has 3 aromatic rings. The second-order valence-electron chi connectivity index (χ2n) is 8.20. The molecule has 0 saturated heterocycles. The van der Waals surface area contributed by atoms with E-state index < -0.39 is 5.97 Å². The molecule has 0 fully saturated rings. The predicted molar refractivity (Wildman–Crippen MR) is 154 cm³/mol. The summed E-state index contributed by atoms with van der Waals surface area (Å²) >= 11 is 2.28. The number of esters is 1. The third kappa shape index (κ3) is 6.69. The number of methoxy groups -OCH3 is 1. The van der Waals surface area contributed by atoms with Crippen LogP contribution < -0.4 is 10.1 Å². The molecule has 0 aliphatic carbocycles. The number of ether oxygens (including phenoxy) is 2. The molecule has 0 unspecified atom stereocenters. The van der Waals surface area contributed by atoms with Gasteiger partial charge in [-0.3, -0.25) is 14.2 Å². The lowest BCUT2D eigenvalue weighted by molar-refractivity contribution is -0.113. The molecule has 208 valence electrons. The van der Waals surface area contributed by atoms with Crippen LogP contribution in [0.5, 0.6) is 5.75 Å². The number of aromatic nitrogens is 3. The average Bonchev–Trinajstić information content (AvgIpc) is 3.48. The lowest BCUT2D eigenvalue weighted by Crippen LogP contribution is -2.30. The molecule has 12 heteroatoms. The molecule has 39 heavy (non-hydrogen) atoms. The number of nitrogens with one attached hydrogen (secondary N) is 1. The summed E-state index contributed by atoms with van der Waals surface area (Å²) in [5.41, 5.74) is 1.46. The normalized spacial score (nSPS) is 10.7. The van der Waals surface area contributed by atoms with Crippen LogP contribution in [0, 0.1) is 6.92 Å². The van der Waals surface area contributed by atoms with Crippen LogP contribution in [0.2, 0.25) is 0 Å². The molecule has 2 amide bonds. The highest BCUT2D eigenvalue weighted by Gasteiger charge is 2.28. The van der Waals surface area contributed by atoms with E-state index in [4.69, 9.17) is 9.47 Å². The molecule has 2 heterocycles.